The molecule has 0 amide bonds. The van der Waals surface area contributed by atoms with Gasteiger partial charge in [-0.05, 0) is 12.1 Å². The lowest BCUT2D eigenvalue weighted by Crippen LogP contribution is -1.86. The van der Waals surface area contributed by atoms with Gasteiger partial charge in [0.15, 0.2) is 5.95 Å². The summed E-state index contributed by atoms with van der Waals surface area (Å²) >= 11 is 4.16. The molecule has 1 heterocycles. The van der Waals surface area contributed by atoms with Gasteiger partial charge in [-0.25, -0.2) is 4.98 Å². The van der Waals surface area contributed by atoms with Gasteiger partial charge in [0, 0.05) is 10.6 Å². The van der Waals surface area contributed by atoms with E-state index in [1.54, 1.807) is 12.1 Å². The lowest BCUT2D eigenvalue weighted by atomic mass is 10.3. The number of nitrogens with two attached hydrogens (primary N) is 2. The second kappa shape index (κ2) is 2.31. The third-order valence-corrected chi connectivity index (χ3v) is 2.04. The molecule has 0 atom stereocenters. The fraction of sp³-hybridized carbons (Fsp3) is 0. The minimum Gasteiger partial charge on any atom is -0.398 e. The van der Waals surface area contributed by atoms with Crippen molar-refractivity contribution in [3.05, 3.63) is 12.1 Å². The molecule has 0 aliphatic carbocycles. The van der Waals surface area contributed by atoms with Crippen LogP contribution in [0.15, 0.2) is 17.0 Å². The number of rotatable bonds is 0. The molecule has 0 aliphatic rings. The van der Waals surface area contributed by atoms with E-state index in [1.807, 2.05) is 0 Å². The van der Waals surface area contributed by atoms with Crippen LogP contribution >= 0.6 is 12.6 Å². The largest absolute Gasteiger partial charge is 0.398 e. The summed E-state index contributed by atoms with van der Waals surface area (Å²) in [5.41, 5.74) is 13.3. The molecule has 1 aromatic heterocycles. The molecule has 0 aliphatic heterocycles. The molecule has 12 heavy (non-hydrogen) atoms. The summed E-state index contributed by atoms with van der Waals surface area (Å²) in [6.45, 7) is 0. The third kappa shape index (κ3) is 0.984. The van der Waals surface area contributed by atoms with Crippen molar-refractivity contribution in [3.63, 3.8) is 0 Å². The average molecular weight is 180 g/mol. The number of aromatic amines is 1. The first kappa shape index (κ1) is 7.30. The molecule has 0 saturated heterocycles. The Morgan fingerprint density at radius 2 is 2.08 bits per heavy atom. The Labute approximate surface area is 74.4 Å². The molecule has 0 spiro atoms. The van der Waals surface area contributed by atoms with E-state index in [9.17, 15) is 0 Å². The fourth-order valence-electron chi connectivity index (χ4n) is 1.08. The molecule has 2 rings (SSSR count). The Bertz CT molecular complexity index is 395. The van der Waals surface area contributed by atoms with Gasteiger partial charge in [0.1, 0.15) is 0 Å². The number of aromatic nitrogens is 2. The van der Waals surface area contributed by atoms with Crippen LogP contribution in [-0.2, 0) is 0 Å². The quantitative estimate of drug-likeness (QED) is 0.361. The Morgan fingerprint density at radius 3 is 2.83 bits per heavy atom. The number of imidazole rings is 1. The van der Waals surface area contributed by atoms with E-state index in [1.165, 1.54) is 0 Å². The summed E-state index contributed by atoms with van der Waals surface area (Å²) in [5.74, 6) is 0.392. The molecular formula is C7H8N4S. The highest BCUT2D eigenvalue weighted by Gasteiger charge is 2.02. The molecule has 5 N–H and O–H groups in total. The fourth-order valence-corrected chi connectivity index (χ4v) is 1.27. The number of benzene rings is 1. The number of thiol groups is 1. The van der Waals surface area contributed by atoms with E-state index in [4.69, 9.17) is 11.5 Å². The van der Waals surface area contributed by atoms with Crippen LogP contribution in [0.3, 0.4) is 0 Å². The molecule has 62 valence electrons. The molecule has 4 nitrogen and oxygen atoms in total. The highest BCUT2D eigenvalue weighted by atomic mass is 32.1. The van der Waals surface area contributed by atoms with Gasteiger partial charge in [-0.15, -0.1) is 12.6 Å². The Balaban J connectivity index is 2.83. The van der Waals surface area contributed by atoms with Crippen LogP contribution in [0.2, 0.25) is 0 Å². The van der Waals surface area contributed by atoms with Gasteiger partial charge < -0.3 is 16.5 Å². The van der Waals surface area contributed by atoms with Gasteiger partial charge in [0.2, 0.25) is 0 Å². The van der Waals surface area contributed by atoms with Crippen LogP contribution in [0.1, 0.15) is 0 Å². The monoisotopic (exact) mass is 180 g/mol. The molecule has 0 radical (unpaired) electrons. The topological polar surface area (TPSA) is 80.7 Å². The summed E-state index contributed by atoms with van der Waals surface area (Å²) in [6.07, 6.45) is 0. The van der Waals surface area contributed by atoms with Crippen molar-refractivity contribution < 1.29 is 0 Å². The van der Waals surface area contributed by atoms with Crippen LogP contribution < -0.4 is 11.5 Å². The molecule has 0 fully saturated rings. The number of anilines is 2. The molecular weight excluding hydrogens is 172 g/mol. The maximum Gasteiger partial charge on any atom is 0.198 e. The summed E-state index contributed by atoms with van der Waals surface area (Å²) < 4.78 is 0. The van der Waals surface area contributed by atoms with Gasteiger partial charge in [0.05, 0.1) is 11.0 Å². The van der Waals surface area contributed by atoms with E-state index in [-0.39, 0.29) is 0 Å². The summed E-state index contributed by atoms with van der Waals surface area (Å²) in [5, 5.41) is 0. The number of hydrogen-bond acceptors (Lipinski definition) is 4. The molecule has 5 heteroatoms. The van der Waals surface area contributed by atoms with Crippen LogP contribution in [0.4, 0.5) is 11.6 Å². The number of nitrogens with one attached hydrogen (secondary N) is 1. The Kier molecular flexibility index (Phi) is 1.41. The number of nitrogen functional groups attached to an aromatic ring is 2. The molecule has 2 aromatic rings. The Hall–Kier alpha value is -1.36. The average Bonchev–Trinajstić information content (AvgIpc) is 2.30. The van der Waals surface area contributed by atoms with Crippen molar-refractivity contribution in [3.8, 4) is 0 Å². The molecule has 0 saturated carbocycles. The zero-order valence-electron chi connectivity index (χ0n) is 6.20. The smallest absolute Gasteiger partial charge is 0.198 e. The van der Waals surface area contributed by atoms with E-state index in [0.29, 0.717) is 16.5 Å². The van der Waals surface area contributed by atoms with Crippen LogP contribution in [0.5, 0.6) is 0 Å². The van der Waals surface area contributed by atoms with Crippen molar-refractivity contribution in [2.24, 2.45) is 0 Å². The van der Waals surface area contributed by atoms with E-state index in [0.717, 1.165) is 11.0 Å². The van der Waals surface area contributed by atoms with Crippen molar-refractivity contribution in [2.45, 2.75) is 4.90 Å². The molecule has 0 unspecified atom stereocenters. The van der Waals surface area contributed by atoms with Crippen LogP contribution in [0.25, 0.3) is 11.0 Å². The highest BCUT2D eigenvalue weighted by molar-refractivity contribution is 7.80. The lowest BCUT2D eigenvalue weighted by Gasteiger charge is -1.96. The van der Waals surface area contributed by atoms with Gasteiger partial charge in [0.25, 0.3) is 0 Å². The van der Waals surface area contributed by atoms with E-state index >= 15 is 0 Å². The summed E-state index contributed by atoms with van der Waals surface area (Å²) in [7, 11) is 0. The summed E-state index contributed by atoms with van der Waals surface area (Å²) in [6, 6.07) is 3.54. The SMILES string of the molecule is Nc1nc2cc(S)c(N)cc2[nH]1. The van der Waals surface area contributed by atoms with Crippen molar-refractivity contribution in [1.82, 2.24) is 9.97 Å². The first-order valence-corrected chi connectivity index (χ1v) is 3.85. The minimum atomic E-state index is 0.392. The summed E-state index contributed by atoms with van der Waals surface area (Å²) in [4.78, 5) is 7.63. The minimum absolute atomic E-state index is 0.392. The van der Waals surface area contributed by atoms with Crippen molar-refractivity contribution in [2.75, 3.05) is 11.5 Å². The van der Waals surface area contributed by atoms with Crippen LogP contribution in [0, 0.1) is 0 Å². The van der Waals surface area contributed by atoms with Gasteiger partial charge in [-0.2, -0.15) is 0 Å². The highest BCUT2D eigenvalue weighted by Crippen LogP contribution is 2.23. The standard InChI is InChI=1S/C7H8N4S/c8-3-1-4-5(2-6(3)12)11-7(9)10-4/h1-2,12H,8H2,(H3,9,10,11). The second-order valence-corrected chi connectivity index (χ2v) is 3.03. The van der Waals surface area contributed by atoms with Gasteiger partial charge in [-0.1, -0.05) is 0 Å². The maximum absolute atomic E-state index is 5.63. The number of fused-ring (bicyclic) bond motifs is 1. The van der Waals surface area contributed by atoms with E-state index < -0.39 is 0 Å². The second-order valence-electron chi connectivity index (χ2n) is 2.55. The Morgan fingerprint density at radius 1 is 1.33 bits per heavy atom. The third-order valence-electron chi connectivity index (χ3n) is 1.65. The predicted molar refractivity (Wildman–Crippen MR) is 52.2 cm³/mol. The molecule has 1 aromatic carbocycles. The first-order valence-electron chi connectivity index (χ1n) is 3.40. The van der Waals surface area contributed by atoms with E-state index in [2.05, 4.69) is 22.6 Å². The maximum atomic E-state index is 5.63. The lowest BCUT2D eigenvalue weighted by molar-refractivity contribution is 1.35. The molecule has 0 bridgehead atoms. The van der Waals surface area contributed by atoms with Gasteiger partial charge >= 0.3 is 0 Å². The van der Waals surface area contributed by atoms with Gasteiger partial charge in [-0.3, -0.25) is 0 Å². The van der Waals surface area contributed by atoms with Crippen LogP contribution in [-0.4, -0.2) is 9.97 Å². The predicted octanol–water partition coefficient (Wildman–Crippen LogP) is 1.02. The van der Waals surface area contributed by atoms with Crippen molar-refractivity contribution >= 4 is 35.3 Å². The normalized spacial score (nSPS) is 10.8. The zero-order valence-corrected chi connectivity index (χ0v) is 7.10. The van der Waals surface area contributed by atoms with Crippen molar-refractivity contribution in [1.29, 1.82) is 0 Å². The zero-order chi connectivity index (χ0) is 8.72. The number of H-pyrrole nitrogens is 1. The first-order chi connectivity index (χ1) is 5.66. The number of hydrogen-bond donors (Lipinski definition) is 4. The number of nitrogens with zero attached hydrogens (tertiary/aromatic N) is 1.